The monoisotopic (exact) mass is 356 g/mol. The fourth-order valence-corrected chi connectivity index (χ4v) is 4.59. The van der Waals surface area contributed by atoms with Gasteiger partial charge in [0.15, 0.2) is 5.76 Å². The van der Waals surface area contributed by atoms with E-state index in [9.17, 15) is 13.2 Å². The van der Waals surface area contributed by atoms with Gasteiger partial charge < -0.3 is 14.2 Å². The van der Waals surface area contributed by atoms with Crippen molar-refractivity contribution in [2.45, 2.75) is 6.92 Å². The standard InChI is InChI=1S/C15H24N4O4S/c1-13-3-4-14(23-13)15(20)17-7-11-19(12-8-17)24(21,22)18-9-5-16(2)6-10-18/h3-4H,5-12H2,1-2H3. The first-order valence-corrected chi connectivity index (χ1v) is 9.57. The van der Waals surface area contributed by atoms with Crippen molar-refractivity contribution in [3.8, 4) is 0 Å². The molecule has 0 aliphatic carbocycles. The number of rotatable bonds is 3. The van der Waals surface area contributed by atoms with E-state index in [4.69, 9.17) is 4.42 Å². The molecule has 2 aliphatic rings. The van der Waals surface area contributed by atoms with Crippen molar-refractivity contribution < 1.29 is 17.6 Å². The van der Waals surface area contributed by atoms with E-state index in [1.807, 2.05) is 7.05 Å². The highest BCUT2D eigenvalue weighted by Crippen LogP contribution is 2.16. The molecule has 2 saturated heterocycles. The number of carbonyl (C=O) groups excluding carboxylic acids is 1. The van der Waals surface area contributed by atoms with Gasteiger partial charge in [0.1, 0.15) is 5.76 Å². The molecule has 0 bridgehead atoms. The van der Waals surface area contributed by atoms with Crippen molar-refractivity contribution in [3.63, 3.8) is 0 Å². The van der Waals surface area contributed by atoms with Crippen LogP contribution in [0.2, 0.25) is 0 Å². The Labute approximate surface area is 142 Å². The summed E-state index contributed by atoms with van der Waals surface area (Å²) >= 11 is 0. The third kappa shape index (κ3) is 3.49. The van der Waals surface area contributed by atoms with E-state index in [-0.39, 0.29) is 5.91 Å². The number of carbonyl (C=O) groups is 1. The van der Waals surface area contributed by atoms with Gasteiger partial charge >= 0.3 is 0 Å². The molecule has 0 radical (unpaired) electrons. The minimum absolute atomic E-state index is 0.181. The Bertz CT molecular complexity index is 686. The van der Waals surface area contributed by atoms with Gasteiger partial charge in [0.25, 0.3) is 16.1 Å². The van der Waals surface area contributed by atoms with Crippen molar-refractivity contribution in [2.75, 3.05) is 59.4 Å². The van der Waals surface area contributed by atoms with Gasteiger partial charge in [-0.25, -0.2) is 0 Å². The lowest BCUT2D eigenvalue weighted by molar-refractivity contribution is 0.0659. The fourth-order valence-electron chi connectivity index (χ4n) is 3.01. The molecular weight excluding hydrogens is 332 g/mol. The summed E-state index contributed by atoms with van der Waals surface area (Å²) in [6, 6.07) is 3.41. The third-order valence-electron chi connectivity index (χ3n) is 4.59. The zero-order chi connectivity index (χ0) is 17.3. The first-order chi connectivity index (χ1) is 11.4. The number of piperazine rings is 2. The number of aryl methyl sites for hydroxylation is 1. The molecule has 0 unspecified atom stereocenters. The van der Waals surface area contributed by atoms with Gasteiger partial charge in [-0.3, -0.25) is 4.79 Å². The fraction of sp³-hybridized carbons (Fsp3) is 0.667. The zero-order valence-corrected chi connectivity index (χ0v) is 15.0. The number of likely N-dealkylation sites (N-methyl/N-ethyl adjacent to an activating group) is 1. The maximum Gasteiger partial charge on any atom is 0.289 e. The van der Waals surface area contributed by atoms with Crippen molar-refractivity contribution >= 4 is 16.1 Å². The SMILES string of the molecule is Cc1ccc(C(=O)N2CCN(S(=O)(=O)N3CCN(C)CC3)CC2)o1. The summed E-state index contributed by atoms with van der Waals surface area (Å²) in [5.41, 5.74) is 0. The average Bonchev–Trinajstić information content (AvgIpc) is 3.01. The molecule has 3 heterocycles. The van der Waals surface area contributed by atoms with E-state index in [1.54, 1.807) is 28.3 Å². The molecule has 0 spiro atoms. The van der Waals surface area contributed by atoms with Crippen molar-refractivity contribution in [3.05, 3.63) is 23.7 Å². The normalized spacial score (nSPS) is 22.0. The molecule has 0 atom stereocenters. The van der Waals surface area contributed by atoms with Crippen molar-refractivity contribution in [1.29, 1.82) is 0 Å². The van der Waals surface area contributed by atoms with Crippen molar-refractivity contribution in [1.82, 2.24) is 18.4 Å². The summed E-state index contributed by atoms with van der Waals surface area (Å²) < 4.78 is 33.8. The predicted octanol–water partition coefficient (Wildman–Crippen LogP) is -0.162. The number of nitrogens with zero attached hydrogens (tertiary/aromatic N) is 4. The first-order valence-electron chi connectivity index (χ1n) is 8.17. The Morgan fingerprint density at radius 1 is 0.958 bits per heavy atom. The summed E-state index contributed by atoms with van der Waals surface area (Å²) in [4.78, 5) is 16.1. The molecule has 8 nitrogen and oxygen atoms in total. The lowest BCUT2D eigenvalue weighted by atomic mass is 10.3. The predicted molar refractivity (Wildman–Crippen MR) is 88.9 cm³/mol. The molecule has 0 N–H and O–H groups in total. The lowest BCUT2D eigenvalue weighted by Crippen LogP contribution is -2.57. The zero-order valence-electron chi connectivity index (χ0n) is 14.1. The molecule has 2 aliphatic heterocycles. The van der Waals surface area contributed by atoms with Crippen LogP contribution in [-0.4, -0.2) is 92.1 Å². The smallest absolute Gasteiger partial charge is 0.289 e. The number of furan rings is 1. The molecule has 1 amide bonds. The molecule has 1 aromatic rings. The van der Waals surface area contributed by atoms with Gasteiger partial charge in [0, 0.05) is 52.4 Å². The van der Waals surface area contributed by atoms with Crippen LogP contribution in [0.25, 0.3) is 0 Å². The Balaban J connectivity index is 1.59. The molecule has 134 valence electrons. The number of hydrogen-bond donors (Lipinski definition) is 0. The van der Waals surface area contributed by atoms with Gasteiger partial charge in [-0.15, -0.1) is 0 Å². The molecule has 9 heteroatoms. The van der Waals surface area contributed by atoms with Crippen LogP contribution >= 0.6 is 0 Å². The van der Waals surface area contributed by atoms with Crippen LogP contribution in [-0.2, 0) is 10.2 Å². The molecular formula is C15H24N4O4S. The van der Waals surface area contributed by atoms with Gasteiger partial charge in [-0.2, -0.15) is 17.0 Å². The average molecular weight is 356 g/mol. The summed E-state index contributed by atoms with van der Waals surface area (Å²) in [6.07, 6.45) is 0. The van der Waals surface area contributed by atoms with E-state index in [0.717, 1.165) is 13.1 Å². The second-order valence-electron chi connectivity index (χ2n) is 6.31. The molecule has 24 heavy (non-hydrogen) atoms. The Kier molecular flexibility index (Phi) is 4.95. The van der Waals surface area contributed by atoms with Gasteiger partial charge in [0.2, 0.25) is 0 Å². The van der Waals surface area contributed by atoms with Crippen LogP contribution in [0.4, 0.5) is 0 Å². The minimum Gasteiger partial charge on any atom is -0.456 e. The number of hydrogen-bond acceptors (Lipinski definition) is 5. The molecule has 0 saturated carbocycles. The van der Waals surface area contributed by atoms with Crippen LogP contribution in [0.3, 0.4) is 0 Å². The van der Waals surface area contributed by atoms with E-state index in [0.29, 0.717) is 50.8 Å². The van der Waals surface area contributed by atoms with Gasteiger partial charge in [-0.1, -0.05) is 0 Å². The Hall–Kier alpha value is -1.42. The highest BCUT2D eigenvalue weighted by Gasteiger charge is 2.35. The summed E-state index contributed by atoms with van der Waals surface area (Å²) in [5, 5.41) is 0. The highest BCUT2D eigenvalue weighted by molar-refractivity contribution is 7.86. The topological polar surface area (TPSA) is 77.3 Å². The minimum atomic E-state index is -3.44. The number of amides is 1. The quantitative estimate of drug-likeness (QED) is 0.752. The lowest BCUT2D eigenvalue weighted by Gasteiger charge is -2.38. The molecule has 0 aromatic carbocycles. The van der Waals surface area contributed by atoms with Crippen LogP contribution < -0.4 is 0 Å². The first kappa shape index (κ1) is 17.4. The molecule has 2 fully saturated rings. The molecule has 3 rings (SSSR count). The van der Waals surface area contributed by atoms with Crippen LogP contribution in [0.1, 0.15) is 16.3 Å². The largest absolute Gasteiger partial charge is 0.456 e. The van der Waals surface area contributed by atoms with Crippen LogP contribution in [0.5, 0.6) is 0 Å². The van der Waals surface area contributed by atoms with Crippen LogP contribution in [0.15, 0.2) is 16.5 Å². The summed E-state index contributed by atoms with van der Waals surface area (Å²) in [5.74, 6) is 0.817. The molecule has 1 aromatic heterocycles. The van der Waals surface area contributed by atoms with Gasteiger partial charge in [-0.05, 0) is 26.1 Å². The second kappa shape index (κ2) is 6.83. The van der Waals surface area contributed by atoms with Gasteiger partial charge in [0.05, 0.1) is 0 Å². The Morgan fingerprint density at radius 2 is 1.50 bits per heavy atom. The van der Waals surface area contributed by atoms with E-state index in [1.165, 1.54) is 4.31 Å². The summed E-state index contributed by atoms with van der Waals surface area (Å²) in [6.45, 7) is 5.72. The highest BCUT2D eigenvalue weighted by atomic mass is 32.2. The summed E-state index contributed by atoms with van der Waals surface area (Å²) in [7, 11) is -1.45. The van der Waals surface area contributed by atoms with E-state index < -0.39 is 10.2 Å². The third-order valence-corrected chi connectivity index (χ3v) is 6.63. The van der Waals surface area contributed by atoms with Crippen LogP contribution in [0, 0.1) is 6.92 Å². The maximum absolute atomic E-state index is 12.7. The second-order valence-corrected chi connectivity index (χ2v) is 8.24. The van der Waals surface area contributed by atoms with E-state index in [2.05, 4.69) is 4.90 Å². The van der Waals surface area contributed by atoms with Crippen molar-refractivity contribution in [2.24, 2.45) is 0 Å². The maximum atomic E-state index is 12.7. The van der Waals surface area contributed by atoms with E-state index >= 15 is 0 Å². The Morgan fingerprint density at radius 3 is 2.00 bits per heavy atom.